The van der Waals surface area contributed by atoms with Crippen molar-refractivity contribution in [3.05, 3.63) is 54.2 Å². The van der Waals surface area contributed by atoms with Crippen molar-refractivity contribution < 1.29 is 14.3 Å². The van der Waals surface area contributed by atoms with Gasteiger partial charge in [-0.2, -0.15) is 0 Å². The molecular weight excluding hydrogens is 290 g/mol. The van der Waals surface area contributed by atoms with Crippen LogP contribution in [0.3, 0.4) is 0 Å². The molecule has 0 aliphatic rings. The number of fused-ring (bicyclic) bond motifs is 1. The maximum atomic E-state index is 12.5. The molecule has 0 aliphatic carbocycles. The Labute approximate surface area is 135 Å². The Kier molecular flexibility index (Phi) is 4.06. The Morgan fingerprint density at radius 3 is 2.43 bits per heavy atom. The molecule has 3 aromatic rings. The second kappa shape index (κ2) is 6.16. The monoisotopic (exact) mass is 309 g/mol. The van der Waals surface area contributed by atoms with Crippen LogP contribution >= 0.6 is 0 Å². The number of benzene rings is 2. The fraction of sp³-hybridized carbons (Fsp3) is 0.211. The summed E-state index contributed by atoms with van der Waals surface area (Å²) in [5, 5.41) is 1.03. The van der Waals surface area contributed by atoms with Gasteiger partial charge in [0.15, 0.2) is 0 Å². The molecule has 4 heteroatoms. The molecule has 0 atom stereocenters. The number of carbonyl (C=O) groups excluding carboxylic acids is 1. The number of hydrogen-bond acceptors (Lipinski definition) is 3. The summed E-state index contributed by atoms with van der Waals surface area (Å²) in [7, 11) is 3.53. The third-order valence-corrected chi connectivity index (χ3v) is 3.95. The Morgan fingerprint density at radius 2 is 1.78 bits per heavy atom. The lowest BCUT2D eigenvalue weighted by Crippen LogP contribution is -2.11. The first-order chi connectivity index (χ1) is 11.2. The van der Waals surface area contributed by atoms with E-state index in [2.05, 4.69) is 0 Å². The van der Waals surface area contributed by atoms with Gasteiger partial charge in [0, 0.05) is 23.5 Å². The molecule has 0 radical (unpaired) electrons. The molecule has 2 aromatic carbocycles. The first-order valence-electron chi connectivity index (χ1n) is 7.56. The van der Waals surface area contributed by atoms with Crippen LogP contribution < -0.4 is 4.74 Å². The number of para-hydroxylation sites is 1. The lowest BCUT2D eigenvalue weighted by molar-refractivity contribution is 0.0517. The number of ether oxygens (including phenoxy) is 2. The fourth-order valence-corrected chi connectivity index (χ4v) is 2.88. The zero-order chi connectivity index (χ0) is 16.4. The molecule has 0 bridgehead atoms. The van der Waals surface area contributed by atoms with Crippen LogP contribution in [0.15, 0.2) is 48.5 Å². The van der Waals surface area contributed by atoms with Gasteiger partial charge in [-0.25, -0.2) is 4.79 Å². The van der Waals surface area contributed by atoms with Gasteiger partial charge < -0.3 is 14.0 Å². The number of aryl methyl sites for hydroxylation is 1. The molecule has 118 valence electrons. The molecule has 0 aliphatic heterocycles. The molecule has 0 saturated heterocycles. The third-order valence-electron chi connectivity index (χ3n) is 3.95. The molecule has 0 N–H and O–H groups in total. The fourth-order valence-electron chi connectivity index (χ4n) is 2.88. The predicted molar refractivity (Wildman–Crippen MR) is 90.9 cm³/mol. The van der Waals surface area contributed by atoms with Crippen molar-refractivity contribution in [2.24, 2.45) is 7.05 Å². The quantitative estimate of drug-likeness (QED) is 0.683. The van der Waals surface area contributed by atoms with Gasteiger partial charge in [0.2, 0.25) is 0 Å². The minimum Gasteiger partial charge on any atom is -0.497 e. The summed E-state index contributed by atoms with van der Waals surface area (Å²) in [4.78, 5) is 12.5. The summed E-state index contributed by atoms with van der Waals surface area (Å²) < 4.78 is 12.4. The predicted octanol–water partition coefficient (Wildman–Crippen LogP) is 4.03. The SMILES string of the molecule is CCOC(=O)c1c(-c2ccc(OC)cc2)c2ccccc2n1C. The van der Waals surface area contributed by atoms with Gasteiger partial charge in [-0.3, -0.25) is 0 Å². The van der Waals surface area contributed by atoms with Crippen LogP contribution in [0, 0.1) is 0 Å². The first kappa shape index (κ1) is 15.2. The van der Waals surface area contributed by atoms with Gasteiger partial charge in [-0.05, 0) is 30.7 Å². The summed E-state index contributed by atoms with van der Waals surface area (Å²) in [6.45, 7) is 2.16. The third kappa shape index (κ3) is 2.57. The normalized spacial score (nSPS) is 10.7. The Hall–Kier alpha value is -2.75. The van der Waals surface area contributed by atoms with E-state index in [-0.39, 0.29) is 5.97 Å². The highest BCUT2D eigenvalue weighted by Crippen LogP contribution is 2.35. The molecule has 0 unspecified atom stereocenters. The van der Waals surface area contributed by atoms with E-state index in [4.69, 9.17) is 9.47 Å². The minimum absolute atomic E-state index is 0.308. The van der Waals surface area contributed by atoms with Crippen LogP contribution in [0.25, 0.3) is 22.0 Å². The summed E-state index contributed by atoms with van der Waals surface area (Å²) in [6.07, 6.45) is 0. The van der Waals surface area contributed by atoms with E-state index in [1.54, 1.807) is 7.11 Å². The van der Waals surface area contributed by atoms with E-state index in [1.165, 1.54) is 0 Å². The van der Waals surface area contributed by atoms with Gasteiger partial charge >= 0.3 is 5.97 Å². The minimum atomic E-state index is -0.308. The van der Waals surface area contributed by atoms with Gasteiger partial charge in [0.25, 0.3) is 0 Å². The average Bonchev–Trinajstić information content (AvgIpc) is 2.88. The van der Waals surface area contributed by atoms with E-state index in [9.17, 15) is 4.79 Å². The zero-order valence-corrected chi connectivity index (χ0v) is 13.5. The first-order valence-corrected chi connectivity index (χ1v) is 7.56. The average molecular weight is 309 g/mol. The van der Waals surface area contributed by atoms with Crippen molar-refractivity contribution in [1.82, 2.24) is 4.57 Å². The maximum Gasteiger partial charge on any atom is 0.355 e. The summed E-state index contributed by atoms with van der Waals surface area (Å²) >= 11 is 0. The molecule has 0 spiro atoms. The van der Waals surface area contributed by atoms with E-state index in [1.807, 2.05) is 67.1 Å². The van der Waals surface area contributed by atoms with Gasteiger partial charge in [-0.15, -0.1) is 0 Å². The Balaban J connectivity index is 2.27. The maximum absolute atomic E-state index is 12.5. The van der Waals surface area contributed by atoms with Crippen LogP contribution in [0.1, 0.15) is 17.4 Å². The van der Waals surface area contributed by atoms with Crippen molar-refractivity contribution in [1.29, 1.82) is 0 Å². The summed E-state index contributed by atoms with van der Waals surface area (Å²) in [6, 6.07) is 15.7. The summed E-state index contributed by atoms with van der Waals surface area (Å²) in [5.74, 6) is 0.476. The van der Waals surface area contributed by atoms with Crippen LogP contribution in [0.5, 0.6) is 5.75 Å². The molecular formula is C19H19NO3. The van der Waals surface area contributed by atoms with Crippen molar-refractivity contribution >= 4 is 16.9 Å². The lowest BCUT2D eigenvalue weighted by Gasteiger charge is -2.08. The van der Waals surface area contributed by atoms with Crippen molar-refractivity contribution in [2.45, 2.75) is 6.92 Å². The topological polar surface area (TPSA) is 40.5 Å². The highest BCUT2D eigenvalue weighted by atomic mass is 16.5. The Bertz CT molecular complexity index is 847. The number of aromatic nitrogens is 1. The molecule has 0 amide bonds. The molecule has 4 nitrogen and oxygen atoms in total. The molecule has 0 saturated carbocycles. The van der Waals surface area contributed by atoms with E-state index >= 15 is 0 Å². The van der Waals surface area contributed by atoms with Crippen LogP contribution in [0.2, 0.25) is 0 Å². The lowest BCUT2D eigenvalue weighted by atomic mass is 10.0. The van der Waals surface area contributed by atoms with E-state index in [0.29, 0.717) is 12.3 Å². The van der Waals surface area contributed by atoms with Crippen molar-refractivity contribution in [3.63, 3.8) is 0 Å². The zero-order valence-electron chi connectivity index (χ0n) is 13.5. The van der Waals surface area contributed by atoms with Crippen LogP contribution in [-0.2, 0) is 11.8 Å². The van der Waals surface area contributed by atoms with E-state index < -0.39 is 0 Å². The van der Waals surface area contributed by atoms with Gasteiger partial charge in [0.05, 0.1) is 13.7 Å². The summed E-state index contributed by atoms with van der Waals surface area (Å²) in [5.41, 5.74) is 3.43. The highest BCUT2D eigenvalue weighted by Gasteiger charge is 2.22. The molecule has 23 heavy (non-hydrogen) atoms. The second-order valence-corrected chi connectivity index (χ2v) is 5.25. The van der Waals surface area contributed by atoms with E-state index in [0.717, 1.165) is 27.8 Å². The van der Waals surface area contributed by atoms with Crippen molar-refractivity contribution in [2.75, 3.05) is 13.7 Å². The molecule has 1 aromatic heterocycles. The van der Waals surface area contributed by atoms with Crippen LogP contribution in [0.4, 0.5) is 0 Å². The van der Waals surface area contributed by atoms with Crippen LogP contribution in [-0.4, -0.2) is 24.3 Å². The number of carbonyl (C=O) groups is 1. The largest absolute Gasteiger partial charge is 0.497 e. The number of rotatable bonds is 4. The highest BCUT2D eigenvalue weighted by molar-refractivity contribution is 6.08. The number of esters is 1. The number of nitrogens with zero attached hydrogens (tertiary/aromatic N) is 1. The molecule has 3 rings (SSSR count). The Morgan fingerprint density at radius 1 is 1.09 bits per heavy atom. The number of hydrogen-bond donors (Lipinski definition) is 0. The standard InChI is InChI=1S/C19H19NO3/c1-4-23-19(21)18-17(13-9-11-14(22-3)12-10-13)15-7-5-6-8-16(15)20(18)2/h5-12H,4H2,1-3H3. The second-order valence-electron chi connectivity index (χ2n) is 5.25. The van der Waals surface area contributed by atoms with Crippen molar-refractivity contribution in [3.8, 4) is 16.9 Å². The number of methoxy groups -OCH3 is 1. The van der Waals surface area contributed by atoms with Gasteiger partial charge in [-0.1, -0.05) is 30.3 Å². The molecule has 1 heterocycles. The smallest absolute Gasteiger partial charge is 0.355 e. The van der Waals surface area contributed by atoms with Gasteiger partial charge in [0.1, 0.15) is 11.4 Å². The molecule has 0 fully saturated rings.